The molecule has 2 rings (SSSR count). The Morgan fingerprint density at radius 2 is 1.59 bits per heavy atom. The summed E-state index contributed by atoms with van der Waals surface area (Å²) in [5, 5.41) is 9.98. The van der Waals surface area contributed by atoms with E-state index < -0.39 is 0 Å². The summed E-state index contributed by atoms with van der Waals surface area (Å²) in [6.45, 7) is 6.20. The first kappa shape index (κ1) is 16.3. The molecular formula is C18H25N3O. The van der Waals surface area contributed by atoms with Crippen LogP contribution in [-0.4, -0.2) is 28.2 Å². The first-order valence-electron chi connectivity index (χ1n) is 8.13. The van der Waals surface area contributed by atoms with Crippen LogP contribution in [0.3, 0.4) is 0 Å². The van der Waals surface area contributed by atoms with Gasteiger partial charge in [0.15, 0.2) is 0 Å². The number of benzene rings is 1. The zero-order chi connectivity index (χ0) is 15.8. The number of hydrogen-bond acceptors (Lipinski definition) is 4. The summed E-state index contributed by atoms with van der Waals surface area (Å²) >= 11 is 0. The average Bonchev–Trinajstić information content (AvgIpc) is 2.55. The summed E-state index contributed by atoms with van der Waals surface area (Å²) in [5.74, 6) is 0.655. The molecule has 0 amide bonds. The van der Waals surface area contributed by atoms with Crippen molar-refractivity contribution < 1.29 is 5.11 Å². The summed E-state index contributed by atoms with van der Waals surface area (Å²) in [7, 11) is 0. The van der Waals surface area contributed by atoms with Crippen molar-refractivity contribution in [3.63, 3.8) is 0 Å². The van der Waals surface area contributed by atoms with Crippen LogP contribution in [-0.2, 0) is 0 Å². The molecule has 1 aromatic heterocycles. The summed E-state index contributed by atoms with van der Waals surface area (Å²) in [4.78, 5) is 11.1. The lowest BCUT2D eigenvalue weighted by Gasteiger charge is -2.22. The molecule has 0 saturated carbocycles. The number of aromatic hydroxyl groups is 1. The monoisotopic (exact) mass is 299 g/mol. The smallest absolute Gasteiger partial charge is 0.229 e. The fourth-order valence-corrected chi connectivity index (χ4v) is 2.33. The number of rotatable bonds is 8. The average molecular weight is 299 g/mol. The maximum absolute atomic E-state index is 9.98. The SMILES string of the molecule is CCCCN(CCCC)c1nc(O)cc(-c2ccccc2)n1. The Morgan fingerprint density at radius 3 is 2.18 bits per heavy atom. The van der Waals surface area contributed by atoms with Crippen LogP contribution in [0.25, 0.3) is 11.3 Å². The highest BCUT2D eigenvalue weighted by Gasteiger charge is 2.12. The van der Waals surface area contributed by atoms with E-state index in [4.69, 9.17) is 0 Å². The van der Waals surface area contributed by atoms with Crippen LogP contribution >= 0.6 is 0 Å². The molecule has 1 heterocycles. The molecule has 0 fully saturated rings. The number of nitrogens with zero attached hydrogens (tertiary/aromatic N) is 3. The fourth-order valence-electron chi connectivity index (χ4n) is 2.33. The molecule has 1 aromatic carbocycles. The summed E-state index contributed by atoms with van der Waals surface area (Å²) in [5.41, 5.74) is 1.76. The van der Waals surface area contributed by atoms with Crippen molar-refractivity contribution in [1.29, 1.82) is 0 Å². The molecule has 118 valence electrons. The molecule has 2 aromatic rings. The lowest BCUT2D eigenvalue weighted by Crippen LogP contribution is -2.27. The topological polar surface area (TPSA) is 49.2 Å². The van der Waals surface area contributed by atoms with Gasteiger partial charge in [-0.15, -0.1) is 0 Å². The Kier molecular flexibility index (Phi) is 6.19. The van der Waals surface area contributed by atoms with Gasteiger partial charge in [-0.1, -0.05) is 57.0 Å². The third kappa shape index (κ3) is 4.45. The molecular weight excluding hydrogens is 274 g/mol. The predicted molar refractivity (Wildman–Crippen MR) is 91.2 cm³/mol. The van der Waals surface area contributed by atoms with Gasteiger partial charge < -0.3 is 10.0 Å². The highest BCUT2D eigenvalue weighted by atomic mass is 16.3. The summed E-state index contributed by atoms with van der Waals surface area (Å²) < 4.78 is 0. The number of hydrogen-bond donors (Lipinski definition) is 1. The minimum Gasteiger partial charge on any atom is -0.493 e. The number of unbranched alkanes of at least 4 members (excludes halogenated alkanes) is 2. The van der Waals surface area contributed by atoms with Crippen LogP contribution < -0.4 is 4.90 Å². The second-order valence-electron chi connectivity index (χ2n) is 5.47. The zero-order valence-electron chi connectivity index (χ0n) is 13.5. The second kappa shape index (κ2) is 8.37. The molecule has 4 heteroatoms. The van der Waals surface area contributed by atoms with Crippen molar-refractivity contribution in [2.45, 2.75) is 39.5 Å². The Morgan fingerprint density at radius 1 is 0.955 bits per heavy atom. The standard InChI is InChI=1S/C18H25N3O/c1-3-5-12-21(13-6-4-2)18-19-16(14-17(22)20-18)15-10-8-7-9-11-15/h7-11,14H,3-6,12-13H2,1-2H3,(H,19,20,22). The fraction of sp³-hybridized carbons (Fsp3) is 0.444. The number of aromatic nitrogens is 2. The first-order valence-corrected chi connectivity index (χ1v) is 8.13. The summed E-state index contributed by atoms with van der Waals surface area (Å²) in [6, 6.07) is 11.5. The minimum atomic E-state index is 0.0295. The maximum atomic E-state index is 9.98. The third-order valence-corrected chi connectivity index (χ3v) is 3.62. The van der Waals surface area contributed by atoms with Gasteiger partial charge in [-0.25, -0.2) is 4.98 Å². The summed E-state index contributed by atoms with van der Waals surface area (Å²) in [6.07, 6.45) is 4.47. The van der Waals surface area contributed by atoms with Crippen molar-refractivity contribution in [1.82, 2.24) is 9.97 Å². The van der Waals surface area contributed by atoms with Crippen LogP contribution in [0.15, 0.2) is 36.4 Å². The predicted octanol–water partition coefficient (Wildman–Crippen LogP) is 4.26. The van der Waals surface area contributed by atoms with Gasteiger partial charge in [-0.3, -0.25) is 0 Å². The van der Waals surface area contributed by atoms with Gasteiger partial charge in [0.2, 0.25) is 11.8 Å². The molecule has 0 aliphatic carbocycles. The van der Waals surface area contributed by atoms with Crippen LogP contribution in [0.1, 0.15) is 39.5 Å². The van der Waals surface area contributed by atoms with Gasteiger partial charge in [-0.2, -0.15) is 4.98 Å². The van der Waals surface area contributed by atoms with Crippen molar-refractivity contribution in [3.05, 3.63) is 36.4 Å². The number of anilines is 1. The highest BCUT2D eigenvalue weighted by molar-refractivity contribution is 5.61. The van der Waals surface area contributed by atoms with Gasteiger partial charge in [0, 0.05) is 24.7 Å². The van der Waals surface area contributed by atoms with E-state index >= 15 is 0 Å². The quantitative estimate of drug-likeness (QED) is 0.791. The Balaban J connectivity index is 2.29. The second-order valence-corrected chi connectivity index (χ2v) is 5.47. The van der Waals surface area contributed by atoms with E-state index in [0.717, 1.165) is 50.0 Å². The van der Waals surface area contributed by atoms with E-state index in [1.54, 1.807) is 6.07 Å². The molecule has 4 nitrogen and oxygen atoms in total. The Labute approximate surface area is 132 Å². The van der Waals surface area contributed by atoms with E-state index in [2.05, 4.69) is 28.7 Å². The Bertz CT molecular complexity index is 564. The molecule has 0 aliphatic heterocycles. The van der Waals surface area contributed by atoms with Gasteiger partial charge in [0.25, 0.3) is 0 Å². The highest BCUT2D eigenvalue weighted by Crippen LogP contribution is 2.23. The van der Waals surface area contributed by atoms with Gasteiger partial charge in [-0.05, 0) is 12.8 Å². The third-order valence-electron chi connectivity index (χ3n) is 3.62. The van der Waals surface area contributed by atoms with Crippen molar-refractivity contribution in [2.24, 2.45) is 0 Å². The molecule has 0 unspecified atom stereocenters. The molecule has 0 spiro atoms. The van der Waals surface area contributed by atoms with Crippen molar-refractivity contribution in [2.75, 3.05) is 18.0 Å². The maximum Gasteiger partial charge on any atom is 0.229 e. The van der Waals surface area contributed by atoms with Crippen LogP contribution in [0.5, 0.6) is 5.88 Å². The van der Waals surface area contributed by atoms with Crippen LogP contribution in [0.4, 0.5) is 5.95 Å². The molecule has 22 heavy (non-hydrogen) atoms. The molecule has 0 aliphatic rings. The Hall–Kier alpha value is -2.10. The molecule has 0 radical (unpaired) electrons. The van der Waals surface area contributed by atoms with E-state index in [1.165, 1.54) is 0 Å². The van der Waals surface area contributed by atoms with Crippen LogP contribution in [0.2, 0.25) is 0 Å². The molecule has 0 saturated heterocycles. The van der Waals surface area contributed by atoms with Crippen LogP contribution in [0, 0.1) is 0 Å². The molecule has 0 atom stereocenters. The lowest BCUT2D eigenvalue weighted by molar-refractivity contribution is 0.451. The van der Waals surface area contributed by atoms with Gasteiger partial charge >= 0.3 is 0 Å². The van der Waals surface area contributed by atoms with E-state index in [0.29, 0.717) is 5.95 Å². The van der Waals surface area contributed by atoms with E-state index in [1.807, 2.05) is 30.3 Å². The normalized spacial score (nSPS) is 10.6. The minimum absolute atomic E-state index is 0.0295. The molecule has 0 bridgehead atoms. The molecule has 1 N–H and O–H groups in total. The first-order chi connectivity index (χ1) is 10.7. The lowest BCUT2D eigenvalue weighted by atomic mass is 10.1. The van der Waals surface area contributed by atoms with Crippen molar-refractivity contribution >= 4 is 5.95 Å². The van der Waals surface area contributed by atoms with Gasteiger partial charge in [0.05, 0.1) is 5.69 Å². The van der Waals surface area contributed by atoms with E-state index in [9.17, 15) is 5.11 Å². The zero-order valence-corrected chi connectivity index (χ0v) is 13.5. The largest absolute Gasteiger partial charge is 0.493 e. The van der Waals surface area contributed by atoms with Crippen molar-refractivity contribution in [3.8, 4) is 17.1 Å². The van der Waals surface area contributed by atoms with Gasteiger partial charge in [0.1, 0.15) is 0 Å². The van der Waals surface area contributed by atoms with E-state index in [-0.39, 0.29) is 5.88 Å².